The van der Waals surface area contributed by atoms with Crippen LogP contribution in [-0.4, -0.2) is 64.9 Å². The van der Waals surface area contributed by atoms with E-state index in [0.29, 0.717) is 11.2 Å². The Morgan fingerprint density at radius 2 is 2.15 bits per heavy atom. The number of rotatable bonds is 3. The smallest absolute Gasteiger partial charge is 0.264 e. The van der Waals surface area contributed by atoms with E-state index in [4.69, 9.17) is 35.7 Å². The molecule has 0 aliphatic carbocycles. The second-order valence-corrected chi connectivity index (χ2v) is 8.76. The van der Waals surface area contributed by atoms with Gasteiger partial charge in [-0.2, -0.15) is 18.4 Å². The van der Waals surface area contributed by atoms with Crippen LogP contribution >= 0.6 is 11.6 Å². The van der Waals surface area contributed by atoms with Crippen LogP contribution in [0.1, 0.15) is 20.1 Å². The predicted octanol–water partition coefficient (Wildman–Crippen LogP) is 0.456. The SMILES string of the molecule is CC1(C)OC[C@H]2O[C@@H](n3cnc4c(N)nc(Cl)nc43)[C@@H](OS(C)(=O)=O)[C@H]2O1. The van der Waals surface area contributed by atoms with Crippen molar-refractivity contribution in [3.05, 3.63) is 11.6 Å². The van der Waals surface area contributed by atoms with Gasteiger partial charge in [0.25, 0.3) is 10.1 Å². The molecule has 13 heteroatoms. The summed E-state index contributed by atoms with van der Waals surface area (Å²) >= 11 is 5.91. The van der Waals surface area contributed by atoms with Crippen molar-refractivity contribution < 1.29 is 26.8 Å². The molecule has 2 saturated heterocycles. The standard InChI is InChI=1S/C14H18ClN5O6S/c1-14(2)23-4-6-8(25-14)9(26-27(3,21)22)12(24-6)20-5-17-7-10(16)18-13(15)19-11(7)20/h5-6,8-9,12H,4H2,1-3H3,(H2,16,18,19)/t6-,8+,9+,12-/m1/s1. The van der Waals surface area contributed by atoms with Gasteiger partial charge in [-0.25, -0.2) is 4.98 Å². The lowest BCUT2D eigenvalue weighted by atomic mass is 10.1. The lowest BCUT2D eigenvalue weighted by Gasteiger charge is -2.38. The molecule has 0 aromatic carbocycles. The molecule has 11 nitrogen and oxygen atoms in total. The molecule has 0 spiro atoms. The van der Waals surface area contributed by atoms with E-state index in [0.717, 1.165) is 6.26 Å². The van der Waals surface area contributed by atoms with Crippen molar-refractivity contribution in [2.45, 2.75) is 44.2 Å². The normalized spacial score (nSPS) is 30.5. The van der Waals surface area contributed by atoms with Gasteiger partial charge in [-0.3, -0.25) is 8.75 Å². The average Bonchev–Trinajstić information content (AvgIpc) is 3.07. The summed E-state index contributed by atoms with van der Waals surface area (Å²) in [6, 6.07) is 0. The van der Waals surface area contributed by atoms with Crippen LogP contribution < -0.4 is 5.73 Å². The molecule has 4 heterocycles. The Bertz CT molecular complexity index is 995. The van der Waals surface area contributed by atoms with Gasteiger partial charge in [0, 0.05) is 0 Å². The summed E-state index contributed by atoms with van der Waals surface area (Å²) in [5.41, 5.74) is 6.44. The van der Waals surface area contributed by atoms with Crippen LogP contribution in [0.2, 0.25) is 5.28 Å². The predicted molar refractivity (Wildman–Crippen MR) is 93.3 cm³/mol. The maximum atomic E-state index is 11.9. The fourth-order valence-corrected chi connectivity index (χ4v) is 4.03. The van der Waals surface area contributed by atoms with Gasteiger partial charge in [0.15, 0.2) is 29.6 Å². The van der Waals surface area contributed by atoms with E-state index in [2.05, 4.69) is 15.0 Å². The van der Waals surface area contributed by atoms with Gasteiger partial charge >= 0.3 is 0 Å². The molecule has 0 amide bonds. The molecule has 4 rings (SSSR count). The first-order valence-corrected chi connectivity index (χ1v) is 10.2. The van der Waals surface area contributed by atoms with Gasteiger partial charge in [-0.1, -0.05) is 0 Å². The van der Waals surface area contributed by atoms with Crippen LogP contribution in [-0.2, 0) is 28.5 Å². The van der Waals surface area contributed by atoms with Crippen LogP contribution in [0, 0.1) is 0 Å². The van der Waals surface area contributed by atoms with Gasteiger partial charge in [0.05, 0.1) is 19.2 Å². The van der Waals surface area contributed by atoms with Crippen molar-refractivity contribution in [3.8, 4) is 0 Å². The molecule has 4 atom stereocenters. The molecular formula is C14H18ClN5O6S. The number of imidazole rings is 1. The highest BCUT2D eigenvalue weighted by molar-refractivity contribution is 7.86. The number of anilines is 1. The maximum absolute atomic E-state index is 11.9. The number of hydrogen-bond acceptors (Lipinski definition) is 10. The minimum absolute atomic E-state index is 0.0709. The number of fused-ring (bicyclic) bond motifs is 2. The van der Waals surface area contributed by atoms with E-state index in [9.17, 15) is 8.42 Å². The number of hydrogen-bond donors (Lipinski definition) is 1. The first kappa shape index (κ1) is 18.8. The van der Waals surface area contributed by atoms with Crippen LogP contribution in [0.25, 0.3) is 11.2 Å². The molecule has 0 unspecified atom stereocenters. The second kappa shape index (κ2) is 6.22. The maximum Gasteiger partial charge on any atom is 0.264 e. The summed E-state index contributed by atoms with van der Waals surface area (Å²) in [5.74, 6) is -0.814. The van der Waals surface area contributed by atoms with Crippen molar-refractivity contribution in [2.75, 3.05) is 18.6 Å². The monoisotopic (exact) mass is 419 g/mol. The molecule has 0 bridgehead atoms. The topological polar surface area (TPSA) is 141 Å². The summed E-state index contributed by atoms with van der Waals surface area (Å²) in [6.07, 6.45) is -0.727. The fraction of sp³-hybridized carbons (Fsp3) is 0.643. The van der Waals surface area contributed by atoms with Crippen molar-refractivity contribution in [1.29, 1.82) is 0 Å². The van der Waals surface area contributed by atoms with Gasteiger partial charge in [-0.15, -0.1) is 0 Å². The van der Waals surface area contributed by atoms with Gasteiger partial charge in [0.1, 0.15) is 17.7 Å². The van der Waals surface area contributed by atoms with E-state index in [1.54, 1.807) is 13.8 Å². The zero-order valence-corrected chi connectivity index (χ0v) is 16.3. The molecule has 2 N–H and O–H groups in total. The molecule has 148 valence electrons. The van der Waals surface area contributed by atoms with E-state index in [-0.39, 0.29) is 17.7 Å². The third kappa shape index (κ3) is 3.48. The molecule has 2 aromatic heterocycles. The van der Waals surface area contributed by atoms with Crippen molar-refractivity contribution in [1.82, 2.24) is 19.5 Å². The molecule has 2 fully saturated rings. The highest BCUT2D eigenvalue weighted by Crippen LogP contribution is 2.41. The lowest BCUT2D eigenvalue weighted by Crippen LogP contribution is -2.50. The van der Waals surface area contributed by atoms with Gasteiger partial charge in [-0.05, 0) is 25.4 Å². The molecule has 0 saturated carbocycles. The Morgan fingerprint density at radius 1 is 1.41 bits per heavy atom. The number of aromatic nitrogens is 4. The van der Waals surface area contributed by atoms with E-state index < -0.39 is 40.4 Å². The molecule has 2 aliphatic heterocycles. The largest absolute Gasteiger partial charge is 0.382 e. The zero-order chi connectivity index (χ0) is 19.6. The third-order valence-electron chi connectivity index (χ3n) is 4.28. The summed E-state index contributed by atoms with van der Waals surface area (Å²) in [4.78, 5) is 12.2. The summed E-state index contributed by atoms with van der Waals surface area (Å²) in [7, 11) is -3.81. The zero-order valence-electron chi connectivity index (χ0n) is 14.7. The highest BCUT2D eigenvalue weighted by atomic mass is 35.5. The van der Waals surface area contributed by atoms with Crippen molar-refractivity contribution >= 4 is 38.7 Å². The Balaban J connectivity index is 1.79. The highest BCUT2D eigenvalue weighted by Gasteiger charge is 2.54. The van der Waals surface area contributed by atoms with Gasteiger partial charge in [0.2, 0.25) is 5.28 Å². The number of nitrogens with two attached hydrogens (primary N) is 1. The Kier molecular flexibility index (Phi) is 4.33. The average molecular weight is 420 g/mol. The van der Waals surface area contributed by atoms with Crippen LogP contribution in [0.3, 0.4) is 0 Å². The number of halogens is 1. The number of nitrogen functional groups attached to an aromatic ring is 1. The van der Waals surface area contributed by atoms with Gasteiger partial charge < -0.3 is 19.9 Å². The molecule has 27 heavy (non-hydrogen) atoms. The number of nitrogens with zero attached hydrogens (tertiary/aromatic N) is 4. The Morgan fingerprint density at radius 3 is 2.85 bits per heavy atom. The first-order valence-electron chi connectivity index (χ1n) is 8.05. The molecule has 0 radical (unpaired) electrons. The summed E-state index contributed by atoms with van der Waals surface area (Å²) in [6.45, 7) is 3.67. The molecule has 2 aliphatic rings. The van der Waals surface area contributed by atoms with E-state index >= 15 is 0 Å². The van der Waals surface area contributed by atoms with Crippen molar-refractivity contribution in [2.24, 2.45) is 0 Å². The van der Waals surface area contributed by atoms with Crippen molar-refractivity contribution in [3.63, 3.8) is 0 Å². The lowest BCUT2D eigenvalue weighted by molar-refractivity contribution is -0.299. The minimum Gasteiger partial charge on any atom is -0.382 e. The first-order chi connectivity index (χ1) is 12.5. The summed E-state index contributed by atoms with van der Waals surface area (Å²) < 4.78 is 48.0. The van der Waals surface area contributed by atoms with Crippen LogP contribution in [0.4, 0.5) is 5.82 Å². The van der Waals surface area contributed by atoms with E-state index in [1.807, 2.05) is 0 Å². The van der Waals surface area contributed by atoms with Crippen LogP contribution in [0.15, 0.2) is 6.33 Å². The minimum atomic E-state index is -3.81. The third-order valence-corrected chi connectivity index (χ3v) is 5.02. The quantitative estimate of drug-likeness (QED) is 0.550. The molecular weight excluding hydrogens is 402 g/mol. The van der Waals surface area contributed by atoms with Crippen LogP contribution in [0.5, 0.6) is 0 Å². The second-order valence-electron chi connectivity index (χ2n) is 6.83. The summed E-state index contributed by atoms with van der Waals surface area (Å²) in [5, 5.41) is -0.0709. The molecule has 2 aromatic rings. The van der Waals surface area contributed by atoms with E-state index in [1.165, 1.54) is 10.9 Å². The Hall–Kier alpha value is -1.57. The Labute approximate surface area is 159 Å². The fourth-order valence-electron chi connectivity index (χ4n) is 3.25. The number of ether oxygens (including phenoxy) is 3.